The normalized spacial score (nSPS) is 18.5. The fourth-order valence-corrected chi connectivity index (χ4v) is 6.71. The summed E-state index contributed by atoms with van der Waals surface area (Å²) in [5, 5.41) is 10.7. The van der Waals surface area contributed by atoms with Crippen LogP contribution in [0.2, 0.25) is 18.1 Å². The summed E-state index contributed by atoms with van der Waals surface area (Å²) < 4.78 is 24.9. The molecular weight excluding hydrogens is 572 g/mol. The predicted octanol–water partition coefficient (Wildman–Crippen LogP) is 7.92. The third-order valence-corrected chi connectivity index (χ3v) is 13.9. The van der Waals surface area contributed by atoms with Crippen LogP contribution in [0.3, 0.4) is 0 Å². The number of hydrogen-bond donors (Lipinski definition) is 1. The Kier molecular flexibility index (Phi) is 15.3. The lowest BCUT2D eigenvalue weighted by Gasteiger charge is -2.45. The Balaban J connectivity index is 3.55. The Morgan fingerprint density at radius 1 is 1.00 bits per heavy atom. The smallest absolute Gasteiger partial charge is 0.311 e. The second-order valence-electron chi connectivity index (χ2n) is 14.1. The van der Waals surface area contributed by atoms with Crippen molar-refractivity contribution in [2.24, 2.45) is 23.7 Å². The highest BCUT2D eigenvalue weighted by atomic mass is 28.4. The van der Waals surface area contributed by atoms with E-state index in [1.807, 2.05) is 45.0 Å². The van der Waals surface area contributed by atoms with Gasteiger partial charge in [-0.05, 0) is 74.5 Å². The zero-order valence-electron chi connectivity index (χ0n) is 29.4. The van der Waals surface area contributed by atoms with E-state index in [2.05, 4.69) is 60.9 Å². The fraction of sp³-hybridized carbons (Fsp3) is 0.667. The maximum atomic E-state index is 13.8. The van der Waals surface area contributed by atoms with Gasteiger partial charge in [-0.2, -0.15) is 0 Å². The van der Waals surface area contributed by atoms with Gasteiger partial charge < -0.3 is 23.7 Å². The number of ether oxygens (including phenoxy) is 3. The molecule has 1 aromatic rings. The number of ketones is 1. The van der Waals surface area contributed by atoms with E-state index in [4.69, 9.17) is 18.6 Å². The first-order valence-electron chi connectivity index (χ1n) is 15.9. The van der Waals surface area contributed by atoms with Gasteiger partial charge in [0.2, 0.25) is 0 Å². The minimum atomic E-state index is -2.38. The summed E-state index contributed by atoms with van der Waals surface area (Å²) in [7, 11) is -0.744. The highest BCUT2D eigenvalue weighted by molar-refractivity contribution is 6.74. The quantitative estimate of drug-likeness (QED) is 0.0717. The summed E-state index contributed by atoms with van der Waals surface area (Å²) in [6.45, 7) is 29.9. The third kappa shape index (κ3) is 11.0. The van der Waals surface area contributed by atoms with Crippen molar-refractivity contribution in [1.82, 2.24) is 0 Å². The molecule has 0 saturated heterocycles. The van der Waals surface area contributed by atoms with Crippen molar-refractivity contribution in [1.29, 1.82) is 0 Å². The Morgan fingerprint density at radius 3 is 2.02 bits per heavy atom. The molecule has 0 bridgehead atoms. The number of esters is 1. The first-order chi connectivity index (χ1) is 20.3. The molecule has 7 nitrogen and oxygen atoms in total. The predicted molar refractivity (Wildman–Crippen MR) is 181 cm³/mol. The van der Waals surface area contributed by atoms with Gasteiger partial charge in [-0.3, -0.25) is 9.59 Å². The number of rotatable bonds is 19. The highest BCUT2D eigenvalue weighted by Gasteiger charge is 2.46. The zero-order valence-corrected chi connectivity index (χ0v) is 30.4. The SMILES string of the molecule is C=CC(=O)[C@H](C)C[C@H](C)[C@H](OCc1ccc(OC)cc1)[C@@H](C)[C@H](O[Si](C)(C)C(C)(C)C)[C@@H](C)C(=O)O[C@H](CC)[C@@](C)(O)C=C. The molecule has 0 radical (unpaired) electrons. The largest absolute Gasteiger partial charge is 0.497 e. The van der Waals surface area contributed by atoms with E-state index in [1.54, 1.807) is 14.0 Å². The minimum Gasteiger partial charge on any atom is -0.497 e. The van der Waals surface area contributed by atoms with Crippen LogP contribution in [0.25, 0.3) is 0 Å². The van der Waals surface area contributed by atoms with Crippen LogP contribution in [-0.4, -0.2) is 56.2 Å². The Morgan fingerprint density at radius 2 is 1.57 bits per heavy atom. The minimum absolute atomic E-state index is 0.00990. The van der Waals surface area contributed by atoms with Crippen molar-refractivity contribution in [2.45, 2.75) is 124 Å². The molecule has 0 aliphatic rings. The van der Waals surface area contributed by atoms with Crippen LogP contribution in [0.1, 0.15) is 80.7 Å². The Bertz CT molecular complexity index is 1070. The number of carbonyl (C=O) groups excluding carboxylic acids is 2. The Labute approximate surface area is 268 Å². The maximum Gasteiger partial charge on any atom is 0.311 e. The molecule has 8 heteroatoms. The van der Waals surface area contributed by atoms with Gasteiger partial charge in [0.1, 0.15) is 17.5 Å². The molecule has 0 aromatic heterocycles. The van der Waals surface area contributed by atoms with Crippen molar-refractivity contribution in [3.05, 3.63) is 55.1 Å². The first kappa shape index (κ1) is 39.8. The lowest BCUT2D eigenvalue weighted by atomic mass is 9.80. The van der Waals surface area contributed by atoms with Crippen LogP contribution < -0.4 is 4.74 Å². The van der Waals surface area contributed by atoms with E-state index < -0.39 is 38.0 Å². The van der Waals surface area contributed by atoms with E-state index >= 15 is 0 Å². The fourth-order valence-electron chi connectivity index (χ4n) is 5.26. The molecule has 0 heterocycles. The molecule has 8 atom stereocenters. The van der Waals surface area contributed by atoms with E-state index in [1.165, 1.54) is 12.2 Å². The molecule has 44 heavy (non-hydrogen) atoms. The van der Waals surface area contributed by atoms with E-state index in [0.717, 1.165) is 11.3 Å². The highest BCUT2D eigenvalue weighted by Crippen LogP contribution is 2.41. The number of methoxy groups -OCH3 is 1. The molecule has 0 unspecified atom stereocenters. The second-order valence-corrected chi connectivity index (χ2v) is 18.9. The maximum absolute atomic E-state index is 13.8. The van der Waals surface area contributed by atoms with Crippen LogP contribution in [0.4, 0.5) is 0 Å². The van der Waals surface area contributed by atoms with Crippen LogP contribution in [-0.2, 0) is 30.1 Å². The van der Waals surface area contributed by atoms with Gasteiger partial charge >= 0.3 is 5.97 Å². The van der Waals surface area contributed by atoms with Crippen LogP contribution in [0.15, 0.2) is 49.6 Å². The van der Waals surface area contributed by atoms with Crippen molar-refractivity contribution in [2.75, 3.05) is 7.11 Å². The topological polar surface area (TPSA) is 91.3 Å². The zero-order chi connectivity index (χ0) is 34.0. The lowest BCUT2D eigenvalue weighted by Crippen LogP contribution is -2.52. The molecule has 0 fully saturated rings. The number of benzene rings is 1. The summed E-state index contributed by atoms with van der Waals surface area (Å²) in [5.41, 5.74) is -0.380. The van der Waals surface area contributed by atoms with Crippen LogP contribution >= 0.6 is 0 Å². The average molecular weight is 633 g/mol. The summed E-state index contributed by atoms with van der Waals surface area (Å²) in [5.74, 6) is -0.849. The second kappa shape index (κ2) is 16.9. The van der Waals surface area contributed by atoms with Crippen molar-refractivity contribution < 1.29 is 33.3 Å². The molecule has 0 spiro atoms. The third-order valence-electron chi connectivity index (χ3n) is 9.41. The van der Waals surface area contributed by atoms with Crippen molar-refractivity contribution in [3.63, 3.8) is 0 Å². The number of aliphatic hydroxyl groups is 1. The van der Waals surface area contributed by atoms with Gasteiger partial charge in [0.15, 0.2) is 14.1 Å². The molecule has 250 valence electrons. The summed E-state index contributed by atoms with van der Waals surface area (Å²) >= 11 is 0. The van der Waals surface area contributed by atoms with E-state index in [-0.39, 0.29) is 34.7 Å². The summed E-state index contributed by atoms with van der Waals surface area (Å²) in [4.78, 5) is 26.2. The molecule has 0 amide bonds. The molecular formula is C36H60O7Si. The molecule has 1 aromatic carbocycles. The molecule has 1 rings (SSSR count). The number of carbonyl (C=O) groups is 2. The van der Waals surface area contributed by atoms with Crippen molar-refractivity contribution in [3.8, 4) is 5.75 Å². The van der Waals surface area contributed by atoms with Gasteiger partial charge in [0, 0.05) is 11.8 Å². The van der Waals surface area contributed by atoms with Gasteiger partial charge in [-0.25, -0.2) is 0 Å². The molecule has 1 N–H and O–H groups in total. The standard InChI is InChI=1S/C36H60O7Si/c1-15-30(37)24(4)22-25(5)32(41-23-28-18-20-29(40-12)21-19-28)26(6)33(43-44(13,14)35(8,9)10)27(7)34(38)42-31(16-2)36(11,39)17-3/h15,17-21,24-27,31-33,39H,1,3,16,22-23H2,2,4-14H3/t24-,25+,26-,27-,31-,32+,33+,36+/m1/s1. The first-order valence-corrected chi connectivity index (χ1v) is 18.8. The average Bonchev–Trinajstić information content (AvgIpc) is 2.97. The van der Waals surface area contributed by atoms with E-state index in [9.17, 15) is 14.7 Å². The summed E-state index contributed by atoms with van der Waals surface area (Å²) in [6, 6.07) is 7.73. The van der Waals surface area contributed by atoms with Gasteiger partial charge in [0.05, 0.1) is 31.8 Å². The Hall–Kier alpha value is -2.26. The van der Waals surface area contributed by atoms with Crippen LogP contribution in [0.5, 0.6) is 5.75 Å². The summed E-state index contributed by atoms with van der Waals surface area (Å²) in [6.07, 6.45) is 2.17. The molecule has 0 saturated carbocycles. The number of allylic oxidation sites excluding steroid dienone is 1. The van der Waals surface area contributed by atoms with Crippen molar-refractivity contribution >= 4 is 20.1 Å². The molecule has 0 aliphatic carbocycles. The van der Waals surface area contributed by atoms with E-state index in [0.29, 0.717) is 19.4 Å². The van der Waals surface area contributed by atoms with Gasteiger partial charge in [0.25, 0.3) is 0 Å². The van der Waals surface area contributed by atoms with Crippen LogP contribution in [0, 0.1) is 23.7 Å². The van der Waals surface area contributed by atoms with Gasteiger partial charge in [-0.15, -0.1) is 6.58 Å². The molecule has 0 aliphatic heterocycles. The number of hydrogen-bond acceptors (Lipinski definition) is 7. The lowest BCUT2D eigenvalue weighted by molar-refractivity contribution is -0.170. The van der Waals surface area contributed by atoms with Gasteiger partial charge in [-0.1, -0.05) is 73.3 Å². The monoisotopic (exact) mass is 632 g/mol.